The van der Waals surface area contributed by atoms with Gasteiger partial charge in [-0.25, -0.2) is 0 Å². The number of likely N-dealkylation sites (N-methyl/N-ethyl adjacent to an activating group) is 5. The Morgan fingerprint density at radius 1 is 0.217 bits per heavy atom. The number of carbonyl (C=O) groups is 4. The van der Waals surface area contributed by atoms with Gasteiger partial charge >= 0.3 is 0 Å². The summed E-state index contributed by atoms with van der Waals surface area (Å²) < 4.78 is 0. The molecule has 0 rings (SSSR count). The fourth-order valence-electron chi connectivity index (χ4n) is 12.8. The number of rotatable bonds is 70. The summed E-state index contributed by atoms with van der Waals surface area (Å²) in [4.78, 5) is 66.9. The molecule has 546 valence electrons. The number of unbranched alkanes of at least 4 members (excludes halogenated alkanes) is 44. The van der Waals surface area contributed by atoms with Crippen molar-refractivity contribution in [3.63, 3.8) is 0 Å². The number of aliphatic hydroxyl groups excluding tert-OH is 4. The summed E-state index contributed by atoms with van der Waals surface area (Å²) in [7, 11) is 8.88. The number of aliphatic hydroxyl groups is 4. The number of nitrogens with zero attached hydrogens (tertiary/aromatic N) is 7. The Bertz CT molecular complexity index is 1440. The Kier molecular flexibility index (Phi) is 62.9. The Balaban J connectivity index is 5.90. The monoisotopic (exact) mass is 1310 g/mol. The number of hydrogen-bond acceptors (Lipinski definition) is 11. The van der Waals surface area contributed by atoms with E-state index < -0.39 is 24.4 Å². The highest BCUT2D eigenvalue weighted by Crippen LogP contribution is 2.18. The average molecular weight is 1310 g/mol. The lowest BCUT2D eigenvalue weighted by atomic mass is 10.1. The van der Waals surface area contributed by atoms with E-state index in [1.165, 1.54) is 231 Å². The second-order valence-corrected chi connectivity index (χ2v) is 28.5. The van der Waals surface area contributed by atoms with Crippen molar-refractivity contribution in [3.8, 4) is 0 Å². The zero-order valence-electron chi connectivity index (χ0n) is 62.3. The molecule has 0 heterocycles. The van der Waals surface area contributed by atoms with Crippen LogP contribution in [0.15, 0.2) is 0 Å². The van der Waals surface area contributed by atoms with Crippen LogP contribution in [0.3, 0.4) is 0 Å². The SMILES string of the molecule is CCCCCCCCCCCCCCN(C)C(=O)C(O)CN(CCN(C)CCN(CC(O)C(=O)N(C)CCCCCCCCCCCCCC)CC(O)C(=O)N(C)CCCCCCCCCCCCCC)CC(O)C(=O)N(C)CCCCCCCCCCCCCC. The summed E-state index contributed by atoms with van der Waals surface area (Å²) in [6.45, 7) is 12.5. The zero-order valence-corrected chi connectivity index (χ0v) is 62.3. The minimum atomic E-state index is -1.35. The molecule has 0 fully saturated rings. The third kappa shape index (κ3) is 52.7. The highest BCUT2D eigenvalue weighted by Gasteiger charge is 2.29. The van der Waals surface area contributed by atoms with Crippen molar-refractivity contribution in [2.24, 2.45) is 0 Å². The van der Waals surface area contributed by atoms with Gasteiger partial charge in [-0.15, -0.1) is 0 Å². The molecule has 0 saturated carbocycles. The molecular weight excluding hydrogens is 1150 g/mol. The number of carbonyl (C=O) groups excluding carboxylic acids is 4. The maximum absolute atomic E-state index is 13.7. The van der Waals surface area contributed by atoms with Gasteiger partial charge in [-0.3, -0.25) is 29.0 Å². The van der Waals surface area contributed by atoms with E-state index in [2.05, 4.69) is 27.7 Å². The molecule has 0 saturated heterocycles. The van der Waals surface area contributed by atoms with Crippen molar-refractivity contribution in [1.82, 2.24) is 34.3 Å². The maximum atomic E-state index is 13.7. The molecule has 0 aromatic heterocycles. The van der Waals surface area contributed by atoms with Crippen LogP contribution in [0.2, 0.25) is 0 Å². The molecule has 15 nitrogen and oxygen atoms in total. The molecule has 0 aliphatic rings. The lowest BCUT2D eigenvalue weighted by molar-refractivity contribution is -0.143. The van der Waals surface area contributed by atoms with E-state index in [1.54, 1.807) is 57.6 Å². The van der Waals surface area contributed by atoms with Gasteiger partial charge in [0, 0.05) is 107 Å². The largest absolute Gasteiger partial charge is 0.382 e. The van der Waals surface area contributed by atoms with Gasteiger partial charge < -0.3 is 44.9 Å². The first-order valence-electron chi connectivity index (χ1n) is 39.4. The summed E-state index contributed by atoms with van der Waals surface area (Å²) in [5.74, 6) is -1.53. The molecule has 0 bridgehead atoms. The van der Waals surface area contributed by atoms with E-state index in [9.17, 15) is 39.6 Å². The summed E-state index contributed by atoms with van der Waals surface area (Å²) in [5, 5.41) is 46.0. The normalized spacial score (nSPS) is 13.1. The van der Waals surface area contributed by atoms with Gasteiger partial charge in [0.2, 0.25) is 0 Å². The van der Waals surface area contributed by atoms with Crippen molar-refractivity contribution in [2.75, 3.05) is 114 Å². The van der Waals surface area contributed by atoms with E-state index in [-0.39, 0.29) is 49.8 Å². The van der Waals surface area contributed by atoms with Crippen LogP contribution >= 0.6 is 0 Å². The van der Waals surface area contributed by atoms with Crippen LogP contribution in [-0.2, 0) is 19.2 Å². The van der Waals surface area contributed by atoms with Gasteiger partial charge in [-0.05, 0) is 32.7 Å². The van der Waals surface area contributed by atoms with Crippen molar-refractivity contribution >= 4 is 23.6 Å². The second kappa shape index (κ2) is 64.6. The molecule has 4 amide bonds. The molecule has 0 aliphatic heterocycles. The van der Waals surface area contributed by atoms with E-state index in [0.29, 0.717) is 52.4 Å². The summed E-state index contributed by atoms with van der Waals surface area (Å²) in [5.41, 5.74) is 0. The van der Waals surface area contributed by atoms with E-state index in [1.807, 2.05) is 11.9 Å². The van der Waals surface area contributed by atoms with Crippen molar-refractivity contribution in [2.45, 2.75) is 360 Å². The van der Waals surface area contributed by atoms with E-state index in [4.69, 9.17) is 0 Å². The molecule has 0 aromatic rings. The van der Waals surface area contributed by atoms with Gasteiger partial charge in [-0.2, -0.15) is 0 Å². The minimum Gasteiger partial charge on any atom is -0.382 e. The highest BCUT2D eigenvalue weighted by atomic mass is 16.3. The van der Waals surface area contributed by atoms with Crippen molar-refractivity contribution in [1.29, 1.82) is 0 Å². The lowest BCUT2D eigenvalue weighted by Gasteiger charge is -2.32. The molecule has 92 heavy (non-hydrogen) atoms. The minimum absolute atomic E-state index is 0.0590. The molecule has 15 heteroatoms. The summed E-state index contributed by atoms with van der Waals surface area (Å²) >= 11 is 0. The van der Waals surface area contributed by atoms with Crippen LogP contribution in [0, 0.1) is 0 Å². The van der Waals surface area contributed by atoms with Gasteiger partial charge in [0.1, 0.15) is 24.4 Å². The average Bonchev–Trinajstić information content (AvgIpc) is 1.39. The van der Waals surface area contributed by atoms with Crippen LogP contribution in [0.4, 0.5) is 0 Å². The summed E-state index contributed by atoms with van der Waals surface area (Å²) in [6.07, 6.45) is 53.3. The van der Waals surface area contributed by atoms with E-state index >= 15 is 0 Å². The predicted molar refractivity (Wildman–Crippen MR) is 389 cm³/mol. The fourth-order valence-corrected chi connectivity index (χ4v) is 12.8. The Morgan fingerprint density at radius 3 is 0.511 bits per heavy atom. The molecule has 0 aromatic carbocycles. The predicted octanol–water partition coefficient (Wildman–Crippen LogP) is 15.6. The number of hydrogen-bond donors (Lipinski definition) is 4. The first kappa shape index (κ1) is 89.6. The van der Waals surface area contributed by atoms with Crippen LogP contribution in [0.1, 0.15) is 336 Å². The Labute approximate surface area is 569 Å². The lowest BCUT2D eigenvalue weighted by Crippen LogP contribution is -2.51. The third-order valence-electron chi connectivity index (χ3n) is 19.4. The van der Waals surface area contributed by atoms with Crippen LogP contribution in [0.25, 0.3) is 0 Å². The third-order valence-corrected chi connectivity index (χ3v) is 19.4. The van der Waals surface area contributed by atoms with Gasteiger partial charge in [0.15, 0.2) is 0 Å². The molecule has 4 unspecified atom stereocenters. The first-order valence-corrected chi connectivity index (χ1v) is 39.4. The zero-order chi connectivity index (χ0) is 68.1. The standard InChI is InChI=1S/C77H155N7O8/c1-10-14-18-22-26-30-34-38-42-46-50-54-58-79(6)74(89)70(85)66-83(67-71(86)75(90)80(7)59-55-51-47-43-39-35-31-27-23-19-15-11-2)64-62-78(5)63-65-84(68-72(87)76(91)81(8)60-56-52-48-44-40-36-32-28-24-20-16-12-3)69-73(88)77(92)82(9)61-57-53-49-45-41-37-33-29-25-21-17-13-4/h70-73,85-88H,10-69H2,1-9H3. The molecule has 4 N–H and O–H groups in total. The van der Waals surface area contributed by atoms with Crippen molar-refractivity contribution < 1.29 is 39.6 Å². The topological polar surface area (TPSA) is 172 Å². The van der Waals surface area contributed by atoms with Crippen molar-refractivity contribution in [3.05, 3.63) is 0 Å². The smallest absolute Gasteiger partial charge is 0.252 e. The van der Waals surface area contributed by atoms with E-state index in [0.717, 1.165) is 77.0 Å². The first-order chi connectivity index (χ1) is 44.5. The fraction of sp³-hybridized carbons (Fsp3) is 0.948. The maximum Gasteiger partial charge on any atom is 0.252 e. The molecule has 0 aliphatic carbocycles. The summed E-state index contributed by atoms with van der Waals surface area (Å²) in [6, 6.07) is 0. The van der Waals surface area contributed by atoms with Gasteiger partial charge in [0.05, 0.1) is 0 Å². The highest BCUT2D eigenvalue weighted by molar-refractivity contribution is 5.82. The second-order valence-electron chi connectivity index (χ2n) is 28.5. The molecule has 0 radical (unpaired) electrons. The quantitative estimate of drug-likeness (QED) is 0.0427. The Hall–Kier alpha value is -2.40. The molecule has 4 atom stereocenters. The molecular formula is C77H155N7O8. The van der Waals surface area contributed by atoms with Gasteiger partial charge in [0.25, 0.3) is 23.6 Å². The Morgan fingerprint density at radius 2 is 0.359 bits per heavy atom. The van der Waals surface area contributed by atoms with Crippen LogP contribution in [0.5, 0.6) is 0 Å². The number of amides is 4. The van der Waals surface area contributed by atoms with Crippen LogP contribution in [-0.4, -0.2) is 217 Å². The van der Waals surface area contributed by atoms with Crippen LogP contribution < -0.4 is 0 Å². The molecule has 0 spiro atoms. The van der Waals surface area contributed by atoms with Gasteiger partial charge in [-0.1, -0.05) is 310 Å².